The van der Waals surface area contributed by atoms with Crippen LogP contribution in [0.2, 0.25) is 0 Å². The highest BCUT2D eigenvalue weighted by Crippen LogP contribution is 2.33. The molecule has 0 aliphatic rings. The largest absolute Gasteiger partial charge is 0.464 e. The summed E-state index contributed by atoms with van der Waals surface area (Å²) in [6.07, 6.45) is 0. The van der Waals surface area contributed by atoms with Crippen LogP contribution in [0.3, 0.4) is 0 Å². The van der Waals surface area contributed by atoms with E-state index in [9.17, 15) is 19.2 Å². The van der Waals surface area contributed by atoms with Crippen molar-refractivity contribution in [3.63, 3.8) is 0 Å². The molecule has 2 amide bonds. The number of primary amides is 1. The number of hydrogen-bond donors (Lipinski definition) is 3. The van der Waals surface area contributed by atoms with Crippen molar-refractivity contribution in [2.75, 3.05) is 18.9 Å². The van der Waals surface area contributed by atoms with Crippen molar-refractivity contribution >= 4 is 97.2 Å². The first kappa shape index (κ1) is 24.1. The van der Waals surface area contributed by atoms with E-state index in [-0.39, 0.29) is 30.0 Å². The van der Waals surface area contributed by atoms with Crippen LogP contribution in [-0.2, 0) is 19.1 Å². The minimum atomic E-state index is -0.783. The molecule has 27 heavy (non-hydrogen) atoms. The van der Waals surface area contributed by atoms with Gasteiger partial charge in [0.2, 0.25) is 0 Å². The van der Waals surface area contributed by atoms with Gasteiger partial charge in [-0.2, -0.15) is 0 Å². The Hall–Kier alpha value is -0.910. The second kappa shape index (κ2) is 10.6. The third-order valence-electron chi connectivity index (χ3n) is 3.14. The van der Waals surface area contributed by atoms with Gasteiger partial charge in [-0.3, -0.25) is 19.2 Å². The molecule has 0 saturated carbocycles. The number of ether oxygens (including phenoxy) is 2. The maximum atomic E-state index is 12.8. The average molecular weight is 715 g/mol. The molecular weight excluding hydrogens is 699 g/mol. The molecule has 5 N–H and O–H groups in total. The van der Waals surface area contributed by atoms with Crippen LogP contribution in [0.25, 0.3) is 0 Å². The summed E-state index contributed by atoms with van der Waals surface area (Å²) in [4.78, 5) is 46.7. The first-order valence-electron chi connectivity index (χ1n) is 7.30. The van der Waals surface area contributed by atoms with Crippen molar-refractivity contribution in [2.45, 2.75) is 19.9 Å². The molecule has 1 aromatic rings. The second-order valence-corrected chi connectivity index (χ2v) is 8.48. The van der Waals surface area contributed by atoms with Crippen LogP contribution < -0.4 is 16.8 Å². The molecule has 1 rings (SSSR count). The first-order valence-corrected chi connectivity index (χ1v) is 10.5. The molecule has 0 aliphatic heterocycles. The molecule has 0 bridgehead atoms. The Kier molecular flexibility index (Phi) is 9.46. The quantitative estimate of drug-likeness (QED) is 0.220. The number of esters is 2. The molecule has 0 aromatic heterocycles. The summed E-state index contributed by atoms with van der Waals surface area (Å²) in [5, 5.41) is 2.63. The van der Waals surface area contributed by atoms with Gasteiger partial charge in [0.1, 0.15) is 13.2 Å². The molecule has 0 heterocycles. The Morgan fingerprint density at radius 3 is 1.78 bits per heavy atom. The van der Waals surface area contributed by atoms with Crippen molar-refractivity contribution in [3.05, 3.63) is 21.8 Å². The number of nitrogens with one attached hydrogen (secondary N) is 1. The third-order valence-corrected chi connectivity index (χ3v) is 6.45. The number of rotatable bonds is 7. The van der Waals surface area contributed by atoms with E-state index >= 15 is 0 Å². The molecule has 12 heteroatoms. The maximum Gasteiger partial charge on any atom is 0.302 e. The highest BCUT2D eigenvalue weighted by Gasteiger charge is 2.27. The lowest BCUT2D eigenvalue weighted by atomic mass is 10.1. The number of amides is 2. The molecular formula is C15H16I3N3O6. The number of carbonyl (C=O) groups excluding carboxylic acids is 4. The van der Waals surface area contributed by atoms with E-state index in [1.165, 1.54) is 13.8 Å². The van der Waals surface area contributed by atoms with Gasteiger partial charge in [0, 0.05) is 17.4 Å². The smallest absolute Gasteiger partial charge is 0.302 e. The minimum absolute atomic E-state index is 0.149. The van der Waals surface area contributed by atoms with Crippen molar-refractivity contribution in [3.8, 4) is 0 Å². The summed E-state index contributed by atoms with van der Waals surface area (Å²) in [5.74, 6) is -2.37. The van der Waals surface area contributed by atoms with E-state index in [2.05, 4.69) is 5.32 Å². The number of nitrogens with two attached hydrogens (primary N) is 2. The average Bonchev–Trinajstić information content (AvgIpc) is 2.54. The van der Waals surface area contributed by atoms with Gasteiger partial charge >= 0.3 is 11.9 Å². The van der Waals surface area contributed by atoms with Gasteiger partial charge < -0.3 is 26.3 Å². The van der Waals surface area contributed by atoms with E-state index < -0.39 is 29.8 Å². The van der Waals surface area contributed by atoms with Crippen molar-refractivity contribution in [2.24, 2.45) is 5.73 Å². The summed E-state index contributed by atoms with van der Waals surface area (Å²) >= 11 is 5.65. The zero-order valence-corrected chi connectivity index (χ0v) is 20.7. The fourth-order valence-electron chi connectivity index (χ4n) is 1.92. The Labute approximate surface area is 196 Å². The number of anilines is 1. The van der Waals surface area contributed by atoms with Crippen LogP contribution >= 0.6 is 67.8 Å². The van der Waals surface area contributed by atoms with Crippen molar-refractivity contribution in [1.29, 1.82) is 0 Å². The summed E-state index contributed by atoms with van der Waals surface area (Å²) in [6, 6.07) is -0.783. The van der Waals surface area contributed by atoms with Gasteiger partial charge in [-0.15, -0.1) is 0 Å². The molecule has 1 aromatic carbocycles. The highest BCUT2D eigenvalue weighted by atomic mass is 127. The van der Waals surface area contributed by atoms with E-state index in [4.69, 9.17) is 20.9 Å². The summed E-state index contributed by atoms with van der Waals surface area (Å²) < 4.78 is 11.0. The van der Waals surface area contributed by atoms with Crippen molar-refractivity contribution in [1.82, 2.24) is 5.32 Å². The number of hydrogen-bond acceptors (Lipinski definition) is 7. The Morgan fingerprint density at radius 1 is 0.926 bits per heavy atom. The second-order valence-electron chi connectivity index (χ2n) is 5.25. The van der Waals surface area contributed by atoms with E-state index in [0.29, 0.717) is 10.7 Å². The summed E-state index contributed by atoms with van der Waals surface area (Å²) in [6.45, 7) is 2.05. The standard InChI is InChI=1S/C15H16I3N3O6/c1-5(22)26-3-7(4-27-6(2)23)21-15(25)9-10(16)8(14(20)24)11(17)13(19)12(9)18/h7H,3-4,19H2,1-2H3,(H2,20,24)(H,21,25). The molecule has 0 atom stereocenters. The minimum Gasteiger partial charge on any atom is -0.464 e. The molecule has 0 unspecified atom stereocenters. The third kappa shape index (κ3) is 6.58. The first-order chi connectivity index (χ1) is 12.5. The van der Waals surface area contributed by atoms with Crippen LogP contribution in [0.1, 0.15) is 34.6 Å². The van der Waals surface area contributed by atoms with Gasteiger partial charge in [0.05, 0.1) is 30.0 Å². The summed E-state index contributed by atoms with van der Waals surface area (Å²) in [7, 11) is 0. The number of carbonyl (C=O) groups is 4. The number of nitrogen functional groups attached to an aromatic ring is 1. The number of benzene rings is 1. The molecule has 0 radical (unpaired) electrons. The van der Waals surface area contributed by atoms with Crippen LogP contribution in [-0.4, -0.2) is 43.0 Å². The van der Waals surface area contributed by atoms with Gasteiger partial charge in [-0.1, -0.05) is 0 Å². The normalized spacial score (nSPS) is 10.4. The zero-order valence-electron chi connectivity index (χ0n) is 14.2. The van der Waals surface area contributed by atoms with Gasteiger partial charge in [0.15, 0.2) is 0 Å². The van der Waals surface area contributed by atoms with Gasteiger partial charge in [0.25, 0.3) is 11.8 Å². The summed E-state index contributed by atoms with van der Waals surface area (Å²) in [5.41, 5.74) is 12.0. The lowest BCUT2D eigenvalue weighted by molar-refractivity contribution is -0.144. The molecule has 0 spiro atoms. The number of halogens is 3. The van der Waals surface area contributed by atoms with E-state index in [0.717, 1.165) is 0 Å². The monoisotopic (exact) mass is 715 g/mol. The molecule has 0 fully saturated rings. The van der Waals surface area contributed by atoms with Crippen molar-refractivity contribution < 1.29 is 28.7 Å². The molecule has 9 nitrogen and oxygen atoms in total. The maximum absolute atomic E-state index is 12.8. The lowest BCUT2D eigenvalue weighted by Crippen LogP contribution is -2.43. The Balaban J connectivity index is 3.23. The fraction of sp³-hybridized carbons (Fsp3) is 0.333. The Morgan fingerprint density at radius 2 is 1.37 bits per heavy atom. The topological polar surface area (TPSA) is 151 Å². The zero-order chi connectivity index (χ0) is 20.9. The van der Waals surface area contributed by atoms with E-state index in [1.54, 1.807) is 0 Å². The Bertz CT molecular complexity index is 782. The fourth-order valence-corrected chi connectivity index (χ4v) is 6.11. The molecule has 0 aliphatic carbocycles. The highest BCUT2D eigenvalue weighted by molar-refractivity contribution is 14.1. The van der Waals surface area contributed by atoms with E-state index in [1.807, 2.05) is 67.8 Å². The van der Waals surface area contributed by atoms with Crippen LogP contribution in [0.15, 0.2) is 0 Å². The van der Waals surface area contributed by atoms with Crippen LogP contribution in [0, 0.1) is 10.7 Å². The van der Waals surface area contributed by atoms with Gasteiger partial charge in [-0.05, 0) is 67.8 Å². The van der Waals surface area contributed by atoms with Crippen LogP contribution in [0.5, 0.6) is 0 Å². The van der Waals surface area contributed by atoms with Crippen LogP contribution in [0.4, 0.5) is 5.69 Å². The molecule has 148 valence electrons. The predicted octanol–water partition coefficient (Wildman–Crippen LogP) is 1.41. The molecule has 0 saturated heterocycles. The SMILES string of the molecule is CC(=O)OCC(COC(C)=O)NC(=O)c1c(I)c(N)c(I)c(C(N)=O)c1I. The van der Waals surface area contributed by atoms with Gasteiger partial charge in [-0.25, -0.2) is 0 Å². The lowest BCUT2D eigenvalue weighted by Gasteiger charge is -2.20. The predicted molar refractivity (Wildman–Crippen MR) is 122 cm³/mol.